The van der Waals surface area contributed by atoms with Gasteiger partial charge < -0.3 is 25.3 Å². The highest BCUT2D eigenvalue weighted by Crippen LogP contribution is 2.37. The molecule has 0 bridgehead atoms. The van der Waals surface area contributed by atoms with Crippen LogP contribution in [0.4, 0.5) is 15.9 Å². The van der Waals surface area contributed by atoms with Gasteiger partial charge in [0.15, 0.2) is 21.3 Å². The van der Waals surface area contributed by atoms with E-state index < -0.39 is 21.0 Å². The number of fused-ring (bicyclic) bond motifs is 1. The predicted molar refractivity (Wildman–Crippen MR) is 132 cm³/mol. The Balaban J connectivity index is 1.65. The molecule has 4 rings (SSSR count). The second-order valence-electron chi connectivity index (χ2n) is 8.23. The fourth-order valence-electron chi connectivity index (χ4n) is 3.55. The zero-order valence-corrected chi connectivity index (χ0v) is 20.6. The normalized spacial score (nSPS) is 15.7. The van der Waals surface area contributed by atoms with Gasteiger partial charge in [-0.2, -0.15) is 0 Å². The van der Waals surface area contributed by atoms with E-state index in [9.17, 15) is 12.8 Å². The number of aromatic nitrogens is 2. The molecular weight excluding hydrogens is 499 g/mol. The van der Waals surface area contributed by atoms with Crippen molar-refractivity contribution in [1.29, 1.82) is 0 Å². The van der Waals surface area contributed by atoms with Gasteiger partial charge in [-0.05, 0) is 24.3 Å². The molecule has 1 saturated heterocycles. The van der Waals surface area contributed by atoms with E-state index in [4.69, 9.17) is 31.5 Å². The summed E-state index contributed by atoms with van der Waals surface area (Å²) in [5, 5.41) is 2.75. The van der Waals surface area contributed by atoms with Crippen molar-refractivity contribution in [3.63, 3.8) is 0 Å². The molecule has 3 N–H and O–H groups in total. The summed E-state index contributed by atoms with van der Waals surface area (Å²) < 4.78 is 54.4. The first-order valence-electron chi connectivity index (χ1n) is 11.0. The van der Waals surface area contributed by atoms with E-state index in [1.54, 1.807) is 18.2 Å². The Morgan fingerprint density at radius 2 is 2.00 bits per heavy atom. The predicted octanol–water partition coefficient (Wildman–Crippen LogP) is 3.82. The van der Waals surface area contributed by atoms with Crippen molar-refractivity contribution < 1.29 is 27.0 Å². The van der Waals surface area contributed by atoms with Crippen LogP contribution in [0.2, 0.25) is 5.02 Å². The summed E-state index contributed by atoms with van der Waals surface area (Å²) in [7, 11) is -3.38. The second kappa shape index (κ2) is 10.9. The van der Waals surface area contributed by atoms with E-state index in [-0.39, 0.29) is 24.2 Å². The number of nitrogens with two attached hydrogens (primary N) is 1. The number of hydrogen-bond donors (Lipinski definition) is 2. The number of anilines is 2. The highest BCUT2D eigenvalue weighted by Gasteiger charge is 2.21. The highest BCUT2D eigenvalue weighted by atomic mass is 35.5. The van der Waals surface area contributed by atoms with E-state index in [1.807, 2.05) is 0 Å². The average molecular weight is 525 g/mol. The molecule has 0 radical (unpaired) electrons. The summed E-state index contributed by atoms with van der Waals surface area (Å²) in [6, 6.07) is 7.76. The van der Waals surface area contributed by atoms with Gasteiger partial charge in [0, 0.05) is 42.7 Å². The molecule has 0 spiro atoms. The summed E-state index contributed by atoms with van der Waals surface area (Å²) in [5.74, 6) is 0.834. The minimum atomic E-state index is -3.38. The third-order valence-electron chi connectivity index (χ3n) is 5.56. The highest BCUT2D eigenvalue weighted by molar-refractivity contribution is 7.91. The lowest BCUT2D eigenvalue weighted by Crippen LogP contribution is -2.31. The van der Waals surface area contributed by atoms with Gasteiger partial charge in [-0.1, -0.05) is 11.6 Å². The van der Waals surface area contributed by atoms with E-state index in [1.165, 1.54) is 18.5 Å². The number of halogens is 2. The lowest BCUT2D eigenvalue weighted by molar-refractivity contribution is 0.0243. The molecule has 3 aromatic rings. The standard InChI is InChI=1S/C23H26ClFN4O5S/c1-35(30,31)22(26)6-9-33-20-12-19-16(11-21(20)34-15-4-7-32-8-5-15)23(28-13-27-19)29-14-2-3-18(25)17(24)10-14/h2-3,10-13,15,22H,4-9,26H2,1H3,(H,27,28,29). The molecule has 35 heavy (non-hydrogen) atoms. The molecule has 1 atom stereocenters. The average Bonchev–Trinajstić information content (AvgIpc) is 2.82. The molecule has 188 valence electrons. The molecule has 1 aliphatic heterocycles. The molecule has 2 heterocycles. The zero-order valence-electron chi connectivity index (χ0n) is 19.0. The van der Waals surface area contributed by atoms with Crippen molar-refractivity contribution in [1.82, 2.24) is 9.97 Å². The second-order valence-corrected chi connectivity index (χ2v) is 10.9. The summed E-state index contributed by atoms with van der Waals surface area (Å²) in [5.41, 5.74) is 6.85. The smallest absolute Gasteiger partial charge is 0.163 e. The van der Waals surface area contributed by atoms with Crippen LogP contribution in [0.15, 0.2) is 36.7 Å². The third kappa shape index (κ3) is 6.49. The van der Waals surface area contributed by atoms with Crippen molar-refractivity contribution in [3.8, 4) is 11.5 Å². The number of sulfone groups is 1. The van der Waals surface area contributed by atoms with Gasteiger partial charge in [-0.25, -0.2) is 22.8 Å². The van der Waals surface area contributed by atoms with E-state index in [2.05, 4.69) is 15.3 Å². The fraction of sp³-hybridized carbons (Fsp3) is 0.391. The molecule has 0 amide bonds. The summed E-state index contributed by atoms with van der Waals surface area (Å²) >= 11 is 5.91. The van der Waals surface area contributed by atoms with E-state index in [0.29, 0.717) is 47.1 Å². The molecule has 1 aliphatic rings. The molecule has 0 aliphatic carbocycles. The summed E-state index contributed by atoms with van der Waals surface area (Å²) in [6.45, 7) is 1.27. The van der Waals surface area contributed by atoms with Gasteiger partial charge in [0.25, 0.3) is 0 Å². The molecule has 1 aromatic heterocycles. The molecule has 0 saturated carbocycles. The maximum absolute atomic E-state index is 13.6. The largest absolute Gasteiger partial charge is 0.490 e. The van der Waals surface area contributed by atoms with Gasteiger partial charge in [-0.15, -0.1) is 0 Å². The maximum Gasteiger partial charge on any atom is 0.163 e. The first kappa shape index (κ1) is 25.4. The first-order chi connectivity index (χ1) is 16.7. The molecule has 12 heteroatoms. The Hall–Kier alpha value is -2.73. The SMILES string of the molecule is CS(=O)(=O)C(N)CCOc1cc2ncnc(Nc3ccc(F)c(Cl)c3)c2cc1OC1CCOCC1. The summed E-state index contributed by atoms with van der Waals surface area (Å²) in [4.78, 5) is 8.66. The Kier molecular flexibility index (Phi) is 7.90. The Bertz CT molecular complexity index is 1300. The van der Waals surface area contributed by atoms with Gasteiger partial charge in [0.05, 0.1) is 30.4 Å². The summed E-state index contributed by atoms with van der Waals surface area (Å²) in [6.07, 6.45) is 3.97. The molecule has 2 aromatic carbocycles. The van der Waals surface area contributed by atoms with Crippen molar-refractivity contribution in [2.24, 2.45) is 5.73 Å². The maximum atomic E-state index is 13.6. The Morgan fingerprint density at radius 1 is 1.23 bits per heavy atom. The van der Waals surface area contributed by atoms with Crippen molar-refractivity contribution in [2.75, 3.05) is 31.4 Å². The van der Waals surface area contributed by atoms with Crippen LogP contribution in [0.5, 0.6) is 11.5 Å². The lowest BCUT2D eigenvalue weighted by Gasteiger charge is -2.25. The van der Waals surface area contributed by atoms with Crippen LogP contribution in [0.1, 0.15) is 19.3 Å². The molecular formula is C23H26ClFN4O5S. The topological polar surface area (TPSA) is 126 Å². The lowest BCUT2D eigenvalue weighted by atomic mass is 10.1. The van der Waals surface area contributed by atoms with Crippen LogP contribution in [-0.2, 0) is 14.6 Å². The molecule has 9 nitrogen and oxygen atoms in total. The van der Waals surface area contributed by atoms with Gasteiger partial charge in [0.1, 0.15) is 29.4 Å². The van der Waals surface area contributed by atoms with Crippen molar-refractivity contribution in [2.45, 2.75) is 30.7 Å². The first-order valence-corrected chi connectivity index (χ1v) is 13.4. The van der Waals surface area contributed by atoms with Crippen LogP contribution >= 0.6 is 11.6 Å². The van der Waals surface area contributed by atoms with Gasteiger partial charge in [0.2, 0.25) is 0 Å². The zero-order chi connectivity index (χ0) is 25.0. The number of nitrogens with zero attached hydrogens (tertiary/aromatic N) is 2. The van der Waals surface area contributed by atoms with Crippen molar-refractivity contribution in [3.05, 3.63) is 47.5 Å². The van der Waals surface area contributed by atoms with E-state index >= 15 is 0 Å². The number of hydrogen-bond acceptors (Lipinski definition) is 9. The Labute approximate surface area is 207 Å². The third-order valence-corrected chi connectivity index (χ3v) is 7.18. The Morgan fingerprint density at radius 3 is 2.71 bits per heavy atom. The quantitative estimate of drug-likeness (QED) is 0.429. The molecule has 1 fully saturated rings. The fourth-order valence-corrected chi connectivity index (χ4v) is 4.26. The van der Waals surface area contributed by atoms with Crippen LogP contribution in [0, 0.1) is 5.82 Å². The van der Waals surface area contributed by atoms with E-state index in [0.717, 1.165) is 19.1 Å². The number of ether oxygens (including phenoxy) is 3. The van der Waals surface area contributed by atoms with Crippen LogP contribution in [0.25, 0.3) is 10.9 Å². The minimum Gasteiger partial charge on any atom is -0.490 e. The number of benzene rings is 2. The number of rotatable bonds is 9. The monoisotopic (exact) mass is 524 g/mol. The number of nitrogens with one attached hydrogen (secondary N) is 1. The van der Waals surface area contributed by atoms with Gasteiger partial charge in [-0.3, -0.25) is 0 Å². The van der Waals surface area contributed by atoms with Crippen LogP contribution in [-0.4, -0.2) is 55.9 Å². The van der Waals surface area contributed by atoms with Crippen LogP contribution in [0.3, 0.4) is 0 Å². The minimum absolute atomic E-state index is 0.0140. The van der Waals surface area contributed by atoms with Crippen molar-refractivity contribution >= 4 is 43.8 Å². The van der Waals surface area contributed by atoms with Gasteiger partial charge >= 0.3 is 0 Å². The van der Waals surface area contributed by atoms with Crippen LogP contribution < -0.4 is 20.5 Å². The molecule has 1 unspecified atom stereocenters.